The number of hydrogen-bond donors (Lipinski definition) is 2. The summed E-state index contributed by atoms with van der Waals surface area (Å²) >= 11 is 0. The van der Waals surface area contributed by atoms with Gasteiger partial charge >= 0.3 is 5.63 Å². The monoisotopic (exact) mass is 233 g/mol. The maximum atomic E-state index is 11.6. The molecule has 0 aliphatic rings. The molecule has 0 fully saturated rings. The van der Waals surface area contributed by atoms with E-state index in [1.165, 1.54) is 0 Å². The van der Waals surface area contributed by atoms with Crippen LogP contribution in [0.4, 0.5) is 0 Å². The van der Waals surface area contributed by atoms with E-state index in [9.17, 15) is 4.79 Å². The first-order valence-electron chi connectivity index (χ1n) is 4.87. The van der Waals surface area contributed by atoms with Crippen molar-refractivity contribution >= 4 is 16.7 Å². The Balaban J connectivity index is 2.68. The fraction of sp³-hybridized carbons (Fsp3) is 0.0833. The van der Waals surface area contributed by atoms with E-state index < -0.39 is 5.63 Å². The first-order valence-corrected chi connectivity index (χ1v) is 4.87. The normalized spacial score (nSPS) is 10.2. The van der Waals surface area contributed by atoms with Crippen molar-refractivity contribution in [2.24, 2.45) is 0 Å². The van der Waals surface area contributed by atoms with Gasteiger partial charge in [0.15, 0.2) is 0 Å². The predicted octanol–water partition coefficient (Wildman–Crippen LogP) is 1.75. The minimum Gasteiger partial charge on any atom is -0.497 e. The van der Waals surface area contributed by atoms with Crippen LogP contribution >= 0.6 is 0 Å². The molecule has 1 heterocycles. The number of methoxy groups -OCH3 is 1. The topological polar surface area (TPSA) is 71.7 Å². The highest BCUT2D eigenvalue weighted by Crippen LogP contribution is 2.21. The van der Waals surface area contributed by atoms with Crippen molar-refractivity contribution in [1.82, 2.24) is 5.48 Å². The molecule has 17 heavy (non-hydrogen) atoms. The van der Waals surface area contributed by atoms with Crippen LogP contribution in [0.3, 0.4) is 0 Å². The quantitative estimate of drug-likeness (QED) is 0.624. The van der Waals surface area contributed by atoms with E-state index in [1.54, 1.807) is 31.4 Å². The third-order valence-corrected chi connectivity index (χ3v) is 2.40. The van der Waals surface area contributed by atoms with E-state index >= 15 is 0 Å². The summed E-state index contributed by atoms with van der Waals surface area (Å²) in [6.45, 7) is 3.50. The first-order chi connectivity index (χ1) is 8.15. The van der Waals surface area contributed by atoms with E-state index in [-0.39, 0.29) is 11.3 Å². The molecule has 1 aromatic carbocycles. The largest absolute Gasteiger partial charge is 0.497 e. The number of ether oxygens (including phenoxy) is 1. The summed E-state index contributed by atoms with van der Waals surface area (Å²) in [5, 5.41) is 9.42. The summed E-state index contributed by atoms with van der Waals surface area (Å²) in [5.41, 5.74) is 1.98. The lowest BCUT2D eigenvalue weighted by molar-refractivity contribution is 0.224. The highest BCUT2D eigenvalue weighted by Gasteiger charge is 2.08. The molecule has 2 rings (SSSR count). The van der Waals surface area contributed by atoms with Gasteiger partial charge in [0.25, 0.3) is 0 Å². The van der Waals surface area contributed by atoms with Gasteiger partial charge in [0.2, 0.25) is 0 Å². The molecular weight excluding hydrogens is 222 g/mol. The Morgan fingerprint density at radius 1 is 1.47 bits per heavy atom. The van der Waals surface area contributed by atoms with Gasteiger partial charge in [-0.25, -0.2) is 4.79 Å². The van der Waals surface area contributed by atoms with Gasteiger partial charge in [-0.15, -0.1) is 0 Å². The predicted molar refractivity (Wildman–Crippen MR) is 63.0 cm³/mol. The lowest BCUT2D eigenvalue weighted by atomic mass is 10.1. The van der Waals surface area contributed by atoms with Crippen molar-refractivity contribution in [1.29, 1.82) is 0 Å². The molecule has 0 saturated carbocycles. The van der Waals surface area contributed by atoms with Gasteiger partial charge in [-0.2, -0.15) is 0 Å². The van der Waals surface area contributed by atoms with Crippen molar-refractivity contribution < 1.29 is 14.4 Å². The molecule has 2 N–H and O–H groups in total. The standard InChI is InChI=1S/C12H11NO4/c1-7(13-15)10-6-8-5-9(16-2)3-4-11(8)17-12(10)14/h3-6,13,15H,1H2,2H3. The van der Waals surface area contributed by atoms with Crippen LogP contribution in [0.25, 0.3) is 16.7 Å². The molecule has 0 aliphatic heterocycles. The van der Waals surface area contributed by atoms with Gasteiger partial charge in [-0.05, 0) is 24.3 Å². The molecule has 1 aromatic heterocycles. The number of rotatable bonds is 3. The maximum Gasteiger partial charge on any atom is 0.345 e. The first kappa shape index (κ1) is 11.2. The lowest BCUT2D eigenvalue weighted by Crippen LogP contribution is -2.13. The molecule has 2 aromatic rings. The highest BCUT2D eigenvalue weighted by molar-refractivity contribution is 5.81. The average Bonchev–Trinajstić information content (AvgIpc) is 2.36. The Hall–Kier alpha value is -2.27. The second kappa shape index (κ2) is 4.31. The second-order valence-electron chi connectivity index (χ2n) is 3.44. The SMILES string of the molecule is C=C(NO)c1cc2cc(OC)ccc2oc1=O. The zero-order valence-electron chi connectivity index (χ0n) is 9.19. The summed E-state index contributed by atoms with van der Waals surface area (Å²) in [6, 6.07) is 6.65. The molecule has 0 radical (unpaired) electrons. The number of fused-ring (bicyclic) bond motifs is 1. The molecule has 88 valence electrons. The molecule has 0 spiro atoms. The van der Waals surface area contributed by atoms with Crippen molar-refractivity contribution in [3.8, 4) is 5.75 Å². The number of hydroxylamine groups is 1. The van der Waals surface area contributed by atoms with Crippen LogP contribution in [0, 0.1) is 0 Å². The molecule has 0 bridgehead atoms. The van der Waals surface area contributed by atoms with E-state index in [4.69, 9.17) is 14.4 Å². The van der Waals surface area contributed by atoms with E-state index in [1.807, 2.05) is 5.48 Å². The average molecular weight is 233 g/mol. The second-order valence-corrected chi connectivity index (χ2v) is 3.44. The molecule has 0 atom stereocenters. The van der Waals surface area contributed by atoms with Crippen LogP contribution in [0.15, 0.2) is 40.1 Å². The number of hydrogen-bond acceptors (Lipinski definition) is 5. The Kier molecular flexibility index (Phi) is 2.84. The third-order valence-electron chi connectivity index (χ3n) is 2.40. The van der Waals surface area contributed by atoms with Crippen molar-refractivity contribution in [3.05, 3.63) is 46.8 Å². The third kappa shape index (κ3) is 2.00. The number of benzene rings is 1. The summed E-state index contributed by atoms with van der Waals surface area (Å²) in [5.74, 6) is 0.653. The molecule has 0 unspecified atom stereocenters. The fourth-order valence-electron chi connectivity index (χ4n) is 1.50. The molecule has 0 aliphatic carbocycles. The molecule has 5 heteroatoms. The van der Waals surface area contributed by atoms with Gasteiger partial charge in [-0.1, -0.05) is 6.58 Å². The van der Waals surface area contributed by atoms with Crippen LogP contribution in [0.1, 0.15) is 5.56 Å². The van der Waals surface area contributed by atoms with Crippen LogP contribution in [-0.4, -0.2) is 12.3 Å². The molecular formula is C12H11NO4. The summed E-state index contributed by atoms with van der Waals surface area (Å²) < 4.78 is 10.2. The van der Waals surface area contributed by atoms with E-state index in [2.05, 4.69) is 6.58 Å². The summed E-state index contributed by atoms with van der Waals surface area (Å²) in [6.07, 6.45) is 0. The smallest absolute Gasteiger partial charge is 0.345 e. The zero-order chi connectivity index (χ0) is 12.4. The Morgan fingerprint density at radius 3 is 2.88 bits per heavy atom. The van der Waals surface area contributed by atoms with Crippen LogP contribution in [0.5, 0.6) is 5.75 Å². The van der Waals surface area contributed by atoms with Crippen molar-refractivity contribution in [2.45, 2.75) is 0 Å². The minimum absolute atomic E-state index is 0.0865. The molecule has 0 amide bonds. The highest BCUT2D eigenvalue weighted by atomic mass is 16.5. The Morgan fingerprint density at radius 2 is 2.24 bits per heavy atom. The van der Waals surface area contributed by atoms with Crippen LogP contribution in [0.2, 0.25) is 0 Å². The Bertz CT molecular complexity index is 630. The van der Waals surface area contributed by atoms with Gasteiger partial charge < -0.3 is 9.15 Å². The van der Waals surface area contributed by atoms with Gasteiger partial charge in [-0.3, -0.25) is 10.7 Å². The zero-order valence-corrected chi connectivity index (χ0v) is 9.19. The summed E-state index contributed by atoms with van der Waals surface area (Å²) in [7, 11) is 1.55. The van der Waals surface area contributed by atoms with Crippen molar-refractivity contribution in [2.75, 3.05) is 7.11 Å². The fourth-order valence-corrected chi connectivity index (χ4v) is 1.50. The lowest BCUT2D eigenvalue weighted by Gasteiger charge is -2.05. The van der Waals surface area contributed by atoms with Gasteiger partial charge in [0.05, 0.1) is 18.4 Å². The van der Waals surface area contributed by atoms with Crippen LogP contribution in [-0.2, 0) is 0 Å². The molecule has 5 nitrogen and oxygen atoms in total. The molecule has 0 saturated heterocycles. The van der Waals surface area contributed by atoms with E-state index in [0.29, 0.717) is 16.7 Å². The van der Waals surface area contributed by atoms with Gasteiger partial charge in [0, 0.05) is 5.39 Å². The van der Waals surface area contributed by atoms with Crippen molar-refractivity contribution in [3.63, 3.8) is 0 Å². The minimum atomic E-state index is -0.561. The van der Waals surface area contributed by atoms with Crippen LogP contribution < -0.4 is 15.8 Å². The maximum absolute atomic E-state index is 11.6. The Labute approximate surface area is 96.9 Å². The van der Waals surface area contributed by atoms with Gasteiger partial charge in [0.1, 0.15) is 11.3 Å². The summed E-state index contributed by atoms with van der Waals surface area (Å²) in [4.78, 5) is 11.6. The van der Waals surface area contributed by atoms with E-state index in [0.717, 1.165) is 0 Å². The number of nitrogens with one attached hydrogen (secondary N) is 1.